The minimum absolute atomic E-state index is 0.130. The third-order valence-electron chi connectivity index (χ3n) is 3.35. The van der Waals surface area contributed by atoms with Crippen LogP contribution in [0.15, 0.2) is 5.38 Å². The fourth-order valence-electron chi connectivity index (χ4n) is 2.24. The summed E-state index contributed by atoms with van der Waals surface area (Å²) in [7, 11) is 0. The van der Waals surface area contributed by atoms with Gasteiger partial charge in [0.15, 0.2) is 0 Å². The van der Waals surface area contributed by atoms with E-state index in [1.54, 1.807) is 11.3 Å². The van der Waals surface area contributed by atoms with Crippen LogP contribution in [0, 0.1) is 6.92 Å². The molecule has 1 aliphatic heterocycles. The van der Waals surface area contributed by atoms with E-state index < -0.39 is 0 Å². The van der Waals surface area contributed by atoms with Gasteiger partial charge < -0.3 is 4.74 Å². The highest BCUT2D eigenvalue weighted by Crippen LogP contribution is 2.16. The predicted octanol–water partition coefficient (Wildman–Crippen LogP) is 0.547. The Morgan fingerprint density at radius 2 is 2.56 bits per heavy atom. The number of nitrogens with zero attached hydrogens (tertiary/aromatic N) is 2. The zero-order chi connectivity index (χ0) is 13.0. The Morgan fingerprint density at radius 1 is 1.72 bits per heavy atom. The van der Waals surface area contributed by atoms with E-state index >= 15 is 0 Å². The quantitative estimate of drug-likeness (QED) is 0.604. The number of hydrogen-bond acceptors (Lipinski definition) is 6. The van der Waals surface area contributed by atoms with Crippen molar-refractivity contribution >= 4 is 11.3 Å². The summed E-state index contributed by atoms with van der Waals surface area (Å²) in [6.45, 7) is 8.00. The molecule has 5 nitrogen and oxygen atoms in total. The number of morpholine rings is 1. The van der Waals surface area contributed by atoms with Crippen LogP contribution in [0.25, 0.3) is 0 Å². The Morgan fingerprint density at radius 3 is 3.17 bits per heavy atom. The maximum Gasteiger partial charge on any atom is 0.0945 e. The fourth-order valence-corrected chi connectivity index (χ4v) is 3.08. The van der Waals surface area contributed by atoms with Gasteiger partial charge in [0.05, 0.1) is 23.8 Å². The molecule has 1 aromatic heterocycles. The fraction of sp³-hybridized carbons (Fsp3) is 0.750. The van der Waals surface area contributed by atoms with Crippen LogP contribution in [-0.4, -0.2) is 48.3 Å². The summed E-state index contributed by atoms with van der Waals surface area (Å²) in [6.07, 6.45) is 0.977. The number of aromatic nitrogens is 1. The van der Waals surface area contributed by atoms with Gasteiger partial charge in [-0.25, -0.2) is 4.98 Å². The molecule has 2 rings (SSSR count). The normalized spacial score (nSPS) is 23.2. The lowest BCUT2D eigenvalue weighted by molar-refractivity contribution is -0.0448. The van der Waals surface area contributed by atoms with Crippen molar-refractivity contribution in [1.29, 1.82) is 0 Å². The molecule has 0 bridgehead atoms. The highest BCUT2D eigenvalue weighted by molar-refractivity contribution is 7.09. The van der Waals surface area contributed by atoms with Crippen molar-refractivity contribution in [3.63, 3.8) is 0 Å². The monoisotopic (exact) mass is 270 g/mol. The van der Waals surface area contributed by atoms with Gasteiger partial charge in [-0.1, -0.05) is 6.92 Å². The lowest BCUT2D eigenvalue weighted by Gasteiger charge is -2.36. The Balaban J connectivity index is 1.95. The Kier molecular flexibility index (Phi) is 5.08. The number of hydrazine groups is 1. The summed E-state index contributed by atoms with van der Waals surface area (Å²) in [5.74, 6) is 5.67. The SMILES string of the molecule is CCN1CCOC(C(Cc2nc(C)cs2)NN)C1. The van der Waals surface area contributed by atoms with Gasteiger partial charge in [-0.05, 0) is 13.5 Å². The lowest BCUT2D eigenvalue weighted by atomic mass is 10.1. The first-order valence-corrected chi connectivity index (χ1v) is 7.32. The minimum Gasteiger partial charge on any atom is -0.374 e. The third kappa shape index (κ3) is 3.49. The van der Waals surface area contributed by atoms with Crippen LogP contribution < -0.4 is 11.3 Å². The van der Waals surface area contributed by atoms with E-state index in [1.807, 2.05) is 6.92 Å². The second kappa shape index (κ2) is 6.58. The highest BCUT2D eigenvalue weighted by Gasteiger charge is 2.27. The Hall–Kier alpha value is -0.530. The zero-order valence-corrected chi connectivity index (χ0v) is 11.9. The van der Waals surface area contributed by atoms with Gasteiger partial charge in [-0.3, -0.25) is 16.2 Å². The van der Waals surface area contributed by atoms with Gasteiger partial charge in [0.1, 0.15) is 0 Å². The summed E-state index contributed by atoms with van der Waals surface area (Å²) >= 11 is 1.69. The summed E-state index contributed by atoms with van der Waals surface area (Å²) in [5.41, 5.74) is 3.96. The maximum atomic E-state index is 5.83. The van der Waals surface area contributed by atoms with Gasteiger partial charge in [0, 0.05) is 30.6 Å². The molecule has 6 heteroatoms. The maximum absolute atomic E-state index is 5.83. The van der Waals surface area contributed by atoms with Crippen molar-refractivity contribution in [2.45, 2.75) is 32.4 Å². The minimum atomic E-state index is 0.130. The number of likely N-dealkylation sites (N-methyl/N-ethyl adjacent to an activating group) is 1. The van der Waals surface area contributed by atoms with Crippen LogP contribution in [-0.2, 0) is 11.2 Å². The van der Waals surface area contributed by atoms with Crippen LogP contribution in [0.3, 0.4) is 0 Å². The molecule has 1 fully saturated rings. The molecule has 0 aromatic carbocycles. The first-order valence-electron chi connectivity index (χ1n) is 6.44. The molecule has 1 aromatic rings. The molecule has 0 amide bonds. The second-order valence-electron chi connectivity index (χ2n) is 4.66. The van der Waals surface area contributed by atoms with E-state index in [2.05, 4.69) is 27.6 Å². The predicted molar refractivity (Wildman–Crippen MR) is 73.5 cm³/mol. The number of aryl methyl sites for hydroxylation is 1. The molecular formula is C12H22N4OS. The van der Waals surface area contributed by atoms with E-state index in [4.69, 9.17) is 10.6 Å². The highest BCUT2D eigenvalue weighted by atomic mass is 32.1. The van der Waals surface area contributed by atoms with E-state index in [1.165, 1.54) is 0 Å². The summed E-state index contributed by atoms with van der Waals surface area (Å²) in [5, 5.41) is 3.19. The third-order valence-corrected chi connectivity index (χ3v) is 4.34. The smallest absolute Gasteiger partial charge is 0.0945 e. The number of rotatable bonds is 5. The average Bonchev–Trinajstić information content (AvgIpc) is 2.81. The largest absolute Gasteiger partial charge is 0.374 e. The van der Waals surface area contributed by atoms with Crippen molar-refractivity contribution in [3.05, 3.63) is 16.1 Å². The topological polar surface area (TPSA) is 63.4 Å². The molecule has 0 spiro atoms. The first-order chi connectivity index (χ1) is 8.72. The van der Waals surface area contributed by atoms with Gasteiger partial charge in [-0.15, -0.1) is 11.3 Å². The number of hydrogen-bond donors (Lipinski definition) is 2. The van der Waals surface area contributed by atoms with Crippen molar-refractivity contribution in [1.82, 2.24) is 15.3 Å². The molecule has 2 unspecified atom stereocenters. The molecule has 2 heterocycles. The van der Waals surface area contributed by atoms with Crippen LogP contribution in [0.5, 0.6) is 0 Å². The molecule has 0 saturated carbocycles. The second-order valence-corrected chi connectivity index (χ2v) is 5.61. The molecule has 1 aliphatic rings. The summed E-state index contributed by atoms with van der Waals surface area (Å²) in [4.78, 5) is 6.88. The zero-order valence-electron chi connectivity index (χ0n) is 11.1. The number of nitrogens with one attached hydrogen (secondary N) is 1. The van der Waals surface area contributed by atoms with Crippen LogP contribution in [0.2, 0.25) is 0 Å². The summed E-state index contributed by atoms with van der Waals surface area (Å²) in [6, 6.07) is 0.130. The molecule has 2 atom stereocenters. The van der Waals surface area contributed by atoms with Crippen LogP contribution >= 0.6 is 11.3 Å². The molecule has 0 aliphatic carbocycles. The summed E-state index contributed by atoms with van der Waals surface area (Å²) < 4.78 is 5.83. The molecule has 18 heavy (non-hydrogen) atoms. The van der Waals surface area contributed by atoms with Crippen LogP contribution in [0.1, 0.15) is 17.6 Å². The standard InChI is InChI=1S/C12H22N4OS/c1-3-16-4-5-17-11(7-16)10(15-13)6-12-14-9(2)8-18-12/h8,10-11,15H,3-7,13H2,1-2H3. The van der Waals surface area contributed by atoms with E-state index in [0.717, 1.165) is 43.4 Å². The van der Waals surface area contributed by atoms with Crippen molar-refractivity contribution in [3.8, 4) is 0 Å². The van der Waals surface area contributed by atoms with Crippen molar-refractivity contribution in [2.24, 2.45) is 5.84 Å². The van der Waals surface area contributed by atoms with E-state index in [9.17, 15) is 0 Å². The first kappa shape index (κ1) is 13.9. The average molecular weight is 270 g/mol. The van der Waals surface area contributed by atoms with Gasteiger partial charge in [0.25, 0.3) is 0 Å². The Labute approximate surface area is 112 Å². The van der Waals surface area contributed by atoms with Crippen molar-refractivity contribution < 1.29 is 4.74 Å². The molecule has 0 radical (unpaired) electrons. The number of ether oxygens (including phenoxy) is 1. The van der Waals surface area contributed by atoms with Crippen LogP contribution in [0.4, 0.5) is 0 Å². The molecule has 3 N–H and O–H groups in total. The number of nitrogens with two attached hydrogens (primary N) is 1. The molecule has 102 valence electrons. The molecule has 1 saturated heterocycles. The van der Waals surface area contributed by atoms with Gasteiger partial charge in [0.2, 0.25) is 0 Å². The van der Waals surface area contributed by atoms with E-state index in [-0.39, 0.29) is 12.1 Å². The number of thiazole rings is 1. The van der Waals surface area contributed by atoms with E-state index in [0.29, 0.717) is 0 Å². The Bertz CT molecular complexity index is 371. The van der Waals surface area contributed by atoms with Gasteiger partial charge in [-0.2, -0.15) is 0 Å². The van der Waals surface area contributed by atoms with Gasteiger partial charge >= 0.3 is 0 Å². The molecular weight excluding hydrogens is 248 g/mol. The lowest BCUT2D eigenvalue weighted by Crippen LogP contribution is -2.54. The van der Waals surface area contributed by atoms with Crippen molar-refractivity contribution in [2.75, 3.05) is 26.2 Å².